The number of piperazine rings is 1. The molecule has 2 heterocycles. The second-order valence-electron chi connectivity index (χ2n) is 7.06. The molecular formula is C21H29N5O. The van der Waals surface area contributed by atoms with Gasteiger partial charge in [0.2, 0.25) is 0 Å². The molecule has 1 aromatic carbocycles. The number of nitrogens with zero attached hydrogens (tertiary/aromatic N) is 5. The van der Waals surface area contributed by atoms with E-state index in [1.807, 2.05) is 17.0 Å². The van der Waals surface area contributed by atoms with Crippen molar-refractivity contribution < 1.29 is 4.79 Å². The molecule has 1 aliphatic heterocycles. The molecule has 1 fully saturated rings. The van der Waals surface area contributed by atoms with Crippen LogP contribution in [-0.2, 0) is 0 Å². The fourth-order valence-electron chi connectivity index (χ4n) is 3.31. The molecule has 1 aromatic heterocycles. The first kappa shape index (κ1) is 19.3. The first-order valence-electron chi connectivity index (χ1n) is 9.70. The lowest BCUT2D eigenvalue weighted by Crippen LogP contribution is -2.47. The Balaban J connectivity index is 1.97. The van der Waals surface area contributed by atoms with Gasteiger partial charge in [-0.05, 0) is 27.8 Å². The van der Waals surface area contributed by atoms with Gasteiger partial charge in [-0.25, -0.2) is 9.97 Å². The Morgan fingerprint density at radius 1 is 1.07 bits per heavy atom. The van der Waals surface area contributed by atoms with E-state index in [0.717, 1.165) is 50.6 Å². The highest BCUT2D eigenvalue weighted by Gasteiger charge is 2.25. The van der Waals surface area contributed by atoms with E-state index in [2.05, 4.69) is 54.7 Å². The molecule has 2 aromatic rings. The Labute approximate surface area is 161 Å². The van der Waals surface area contributed by atoms with E-state index >= 15 is 0 Å². The normalized spacial score (nSPS) is 15.0. The first-order valence-corrected chi connectivity index (χ1v) is 9.70. The van der Waals surface area contributed by atoms with Crippen molar-refractivity contribution >= 4 is 11.7 Å². The fourth-order valence-corrected chi connectivity index (χ4v) is 3.31. The minimum absolute atomic E-state index is 0.0282. The van der Waals surface area contributed by atoms with Gasteiger partial charge in [0.15, 0.2) is 5.82 Å². The number of anilines is 1. The zero-order valence-corrected chi connectivity index (χ0v) is 16.8. The summed E-state index contributed by atoms with van der Waals surface area (Å²) >= 11 is 0. The molecular weight excluding hydrogens is 338 g/mol. The lowest BCUT2D eigenvalue weighted by Gasteiger charge is -2.33. The van der Waals surface area contributed by atoms with Crippen LogP contribution in [0.2, 0.25) is 0 Å². The summed E-state index contributed by atoms with van der Waals surface area (Å²) in [7, 11) is 2.09. The molecule has 0 aliphatic carbocycles. The van der Waals surface area contributed by atoms with Crippen molar-refractivity contribution in [2.45, 2.75) is 20.8 Å². The van der Waals surface area contributed by atoms with Crippen LogP contribution >= 0.6 is 0 Å². The molecule has 0 bridgehead atoms. The molecule has 1 aliphatic rings. The number of hydrogen-bond acceptors (Lipinski definition) is 5. The third-order valence-electron chi connectivity index (χ3n) is 5.16. The number of carbonyl (C=O) groups is 1. The van der Waals surface area contributed by atoms with Crippen LogP contribution in [0, 0.1) is 6.92 Å². The number of aromatic nitrogens is 2. The van der Waals surface area contributed by atoms with Crippen molar-refractivity contribution in [1.29, 1.82) is 0 Å². The molecule has 1 saturated heterocycles. The molecule has 1 amide bonds. The average Bonchev–Trinajstić information content (AvgIpc) is 2.69. The summed E-state index contributed by atoms with van der Waals surface area (Å²) in [5.74, 6) is 1.42. The quantitative estimate of drug-likeness (QED) is 0.813. The first-order chi connectivity index (χ1) is 13.0. The predicted molar refractivity (Wildman–Crippen MR) is 109 cm³/mol. The van der Waals surface area contributed by atoms with E-state index in [1.165, 1.54) is 5.56 Å². The summed E-state index contributed by atoms with van der Waals surface area (Å²) in [6, 6.07) is 8.16. The highest BCUT2D eigenvalue weighted by atomic mass is 16.2. The standard InChI is InChI=1S/C21H29N5O/c1-5-25(6-2)20-18(21(27)26-13-11-24(4)12-14-26)15-22-19(23-20)17-9-7-16(3)8-10-17/h7-10,15H,5-6,11-14H2,1-4H3. The number of rotatable bonds is 5. The Hall–Kier alpha value is -2.47. The Bertz CT molecular complexity index is 778. The number of hydrogen-bond donors (Lipinski definition) is 0. The SMILES string of the molecule is CCN(CC)c1nc(-c2ccc(C)cc2)ncc1C(=O)N1CCN(C)CC1. The van der Waals surface area contributed by atoms with E-state index in [-0.39, 0.29) is 5.91 Å². The molecule has 0 N–H and O–H groups in total. The molecule has 6 nitrogen and oxygen atoms in total. The summed E-state index contributed by atoms with van der Waals surface area (Å²) in [5, 5.41) is 0. The molecule has 3 rings (SSSR count). The second-order valence-corrected chi connectivity index (χ2v) is 7.06. The van der Waals surface area contributed by atoms with Gasteiger partial charge in [-0.3, -0.25) is 4.79 Å². The molecule has 144 valence electrons. The van der Waals surface area contributed by atoms with Gasteiger partial charge in [0.25, 0.3) is 5.91 Å². The maximum Gasteiger partial charge on any atom is 0.259 e. The topological polar surface area (TPSA) is 52.6 Å². The average molecular weight is 367 g/mol. The maximum atomic E-state index is 13.2. The molecule has 0 atom stereocenters. The molecule has 0 saturated carbocycles. The molecule has 0 unspecified atom stereocenters. The summed E-state index contributed by atoms with van der Waals surface area (Å²) in [4.78, 5) is 28.8. The van der Waals surface area contributed by atoms with E-state index in [1.54, 1.807) is 6.20 Å². The van der Waals surface area contributed by atoms with E-state index in [9.17, 15) is 4.79 Å². The fraction of sp³-hybridized carbons (Fsp3) is 0.476. The Morgan fingerprint density at radius 2 is 1.70 bits per heavy atom. The summed E-state index contributed by atoms with van der Waals surface area (Å²) in [6.07, 6.45) is 1.70. The number of benzene rings is 1. The highest BCUT2D eigenvalue weighted by Crippen LogP contribution is 2.24. The zero-order chi connectivity index (χ0) is 19.4. The summed E-state index contributed by atoms with van der Waals surface area (Å²) in [5.41, 5.74) is 2.76. The van der Waals surface area contributed by atoms with Gasteiger partial charge in [-0.2, -0.15) is 0 Å². The largest absolute Gasteiger partial charge is 0.356 e. The number of amides is 1. The van der Waals surface area contributed by atoms with Crippen molar-refractivity contribution in [2.24, 2.45) is 0 Å². The van der Waals surface area contributed by atoms with Crippen LogP contribution in [0.5, 0.6) is 0 Å². The summed E-state index contributed by atoms with van der Waals surface area (Å²) < 4.78 is 0. The molecule has 27 heavy (non-hydrogen) atoms. The van der Waals surface area contributed by atoms with Crippen molar-refractivity contribution in [1.82, 2.24) is 19.8 Å². The van der Waals surface area contributed by atoms with E-state index < -0.39 is 0 Å². The Morgan fingerprint density at radius 3 is 2.30 bits per heavy atom. The van der Waals surface area contributed by atoms with Gasteiger partial charge in [-0.15, -0.1) is 0 Å². The van der Waals surface area contributed by atoms with E-state index in [4.69, 9.17) is 4.98 Å². The van der Waals surface area contributed by atoms with Crippen molar-refractivity contribution in [2.75, 3.05) is 51.2 Å². The lowest BCUT2D eigenvalue weighted by molar-refractivity contribution is 0.0664. The summed E-state index contributed by atoms with van der Waals surface area (Å²) in [6.45, 7) is 11.1. The predicted octanol–water partition coefficient (Wildman–Crippen LogP) is 2.69. The van der Waals surface area contributed by atoms with Gasteiger partial charge in [0.05, 0.1) is 0 Å². The third-order valence-corrected chi connectivity index (χ3v) is 5.16. The molecule has 6 heteroatoms. The number of carbonyl (C=O) groups excluding carboxylic acids is 1. The highest BCUT2D eigenvalue weighted by molar-refractivity contribution is 5.99. The van der Waals surface area contributed by atoms with Crippen LogP contribution in [0.1, 0.15) is 29.8 Å². The maximum absolute atomic E-state index is 13.2. The van der Waals surface area contributed by atoms with Crippen molar-refractivity contribution in [3.63, 3.8) is 0 Å². The van der Waals surface area contributed by atoms with Gasteiger partial charge < -0.3 is 14.7 Å². The van der Waals surface area contributed by atoms with Crippen LogP contribution in [0.4, 0.5) is 5.82 Å². The molecule has 0 radical (unpaired) electrons. The number of likely N-dealkylation sites (N-methyl/N-ethyl adjacent to an activating group) is 1. The minimum atomic E-state index is 0.0282. The van der Waals surface area contributed by atoms with Crippen LogP contribution in [0.3, 0.4) is 0 Å². The third kappa shape index (κ3) is 4.27. The van der Waals surface area contributed by atoms with Crippen molar-refractivity contribution in [3.05, 3.63) is 41.6 Å². The van der Waals surface area contributed by atoms with Crippen LogP contribution < -0.4 is 4.90 Å². The van der Waals surface area contributed by atoms with E-state index in [0.29, 0.717) is 11.4 Å². The smallest absolute Gasteiger partial charge is 0.259 e. The van der Waals surface area contributed by atoms with Crippen molar-refractivity contribution in [3.8, 4) is 11.4 Å². The van der Waals surface area contributed by atoms with Crippen LogP contribution in [0.15, 0.2) is 30.5 Å². The van der Waals surface area contributed by atoms with Gasteiger partial charge in [0.1, 0.15) is 11.4 Å². The van der Waals surface area contributed by atoms with Gasteiger partial charge in [0, 0.05) is 51.0 Å². The molecule has 0 spiro atoms. The van der Waals surface area contributed by atoms with Gasteiger partial charge in [-0.1, -0.05) is 29.8 Å². The zero-order valence-electron chi connectivity index (χ0n) is 16.8. The number of aryl methyl sites for hydroxylation is 1. The van der Waals surface area contributed by atoms with Gasteiger partial charge >= 0.3 is 0 Å². The Kier molecular flexibility index (Phi) is 6.06. The van der Waals surface area contributed by atoms with Crippen LogP contribution in [0.25, 0.3) is 11.4 Å². The second kappa shape index (κ2) is 8.48. The lowest BCUT2D eigenvalue weighted by atomic mass is 10.1. The minimum Gasteiger partial charge on any atom is -0.356 e. The monoisotopic (exact) mass is 367 g/mol. The van der Waals surface area contributed by atoms with Crippen LogP contribution in [-0.4, -0.2) is 72.0 Å².